The van der Waals surface area contributed by atoms with E-state index < -0.39 is 0 Å². The summed E-state index contributed by atoms with van der Waals surface area (Å²) in [5.74, 6) is 0.846. The molecule has 0 bridgehead atoms. The zero-order valence-electron chi connectivity index (χ0n) is 13.9. The van der Waals surface area contributed by atoms with Crippen LogP contribution in [0, 0.1) is 0 Å². The maximum atomic E-state index is 5.84. The number of guanidine groups is 1. The van der Waals surface area contributed by atoms with Crippen LogP contribution in [0.25, 0.3) is 0 Å². The minimum Gasteiger partial charge on any atom is -0.381 e. The number of halogens is 1. The third-order valence-electron chi connectivity index (χ3n) is 3.69. The van der Waals surface area contributed by atoms with E-state index in [0.29, 0.717) is 6.10 Å². The second-order valence-corrected chi connectivity index (χ2v) is 5.38. The predicted octanol–water partition coefficient (Wildman–Crippen LogP) is 1.86. The SMILES string of the molecule is CN=C(NCCCOC1CCOCC1)NCCn1cccc1.I. The molecule has 7 heteroatoms. The maximum Gasteiger partial charge on any atom is 0.191 e. The Balaban J connectivity index is 0.00000264. The molecule has 0 amide bonds. The second kappa shape index (κ2) is 12.6. The van der Waals surface area contributed by atoms with E-state index in [0.717, 1.165) is 64.7 Å². The zero-order chi connectivity index (χ0) is 15.5. The summed E-state index contributed by atoms with van der Waals surface area (Å²) >= 11 is 0. The highest BCUT2D eigenvalue weighted by Gasteiger charge is 2.13. The summed E-state index contributed by atoms with van der Waals surface area (Å²) in [6.07, 6.45) is 7.53. The van der Waals surface area contributed by atoms with Gasteiger partial charge in [0.2, 0.25) is 0 Å². The Morgan fingerprint density at radius 3 is 2.61 bits per heavy atom. The summed E-state index contributed by atoms with van der Waals surface area (Å²) in [6, 6.07) is 4.07. The summed E-state index contributed by atoms with van der Waals surface area (Å²) < 4.78 is 13.3. The number of rotatable bonds is 8. The van der Waals surface area contributed by atoms with E-state index >= 15 is 0 Å². The van der Waals surface area contributed by atoms with E-state index in [1.54, 1.807) is 7.05 Å². The first-order chi connectivity index (χ1) is 10.9. The third kappa shape index (κ3) is 8.57. The van der Waals surface area contributed by atoms with Crippen LogP contribution >= 0.6 is 24.0 Å². The smallest absolute Gasteiger partial charge is 0.191 e. The van der Waals surface area contributed by atoms with Gasteiger partial charge in [0.1, 0.15) is 0 Å². The van der Waals surface area contributed by atoms with Gasteiger partial charge in [-0.2, -0.15) is 0 Å². The van der Waals surface area contributed by atoms with Gasteiger partial charge < -0.3 is 24.7 Å². The Morgan fingerprint density at radius 2 is 1.91 bits per heavy atom. The van der Waals surface area contributed by atoms with Gasteiger partial charge in [-0.25, -0.2) is 0 Å². The Bertz CT molecular complexity index is 420. The molecule has 132 valence electrons. The molecule has 1 saturated heterocycles. The standard InChI is InChI=1S/C16H28N4O2.HI/c1-17-16(19-8-11-20-9-2-3-10-20)18-7-4-12-22-15-5-13-21-14-6-15;/h2-3,9-10,15H,4-8,11-14H2,1H3,(H2,17,18,19);1H. The molecule has 0 aliphatic carbocycles. The van der Waals surface area contributed by atoms with Crippen molar-refractivity contribution in [1.29, 1.82) is 0 Å². The van der Waals surface area contributed by atoms with Gasteiger partial charge in [0, 0.05) is 58.9 Å². The van der Waals surface area contributed by atoms with Gasteiger partial charge in [-0.05, 0) is 31.4 Å². The first-order valence-corrected chi connectivity index (χ1v) is 8.13. The van der Waals surface area contributed by atoms with Crippen LogP contribution in [0.1, 0.15) is 19.3 Å². The fraction of sp³-hybridized carbons (Fsp3) is 0.688. The van der Waals surface area contributed by atoms with Gasteiger partial charge in [0.25, 0.3) is 0 Å². The molecule has 2 N–H and O–H groups in total. The normalized spacial score (nSPS) is 16.0. The van der Waals surface area contributed by atoms with E-state index in [-0.39, 0.29) is 24.0 Å². The summed E-state index contributed by atoms with van der Waals surface area (Å²) in [6.45, 7) is 5.11. The molecule has 0 aromatic carbocycles. The largest absolute Gasteiger partial charge is 0.381 e. The molecule has 1 aromatic rings. The molecule has 0 saturated carbocycles. The van der Waals surface area contributed by atoms with E-state index in [1.807, 2.05) is 12.1 Å². The fourth-order valence-electron chi connectivity index (χ4n) is 2.41. The van der Waals surface area contributed by atoms with Crippen molar-refractivity contribution in [3.05, 3.63) is 24.5 Å². The second-order valence-electron chi connectivity index (χ2n) is 5.38. The molecule has 1 aromatic heterocycles. The molecule has 0 radical (unpaired) electrons. The van der Waals surface area contributed by atoms with Crippen LogP contribution in [0.4, 0.5) is 0 Å². The molecule has 0 unspecified atom stereocenters. The molecule has 0 atom stereocenters. The molecule has 1 aliphatic heterocycles. The predicted molar refractivity (Wildman–Crippen MR) is 104 cm³/mol. The fourth-order valence-corrected chi connectivity index (χ4v) is 2.41. The van der Waals surface area contributed by atoms with Gasteiger partial charge in [-0.1, -0.05) is 0 Å². The highest BCUT2D eigenvalue weighted by Crippen LogP contribution is 2.10. The lowest BCUT2D eigenvalue weighted by atomic mass is 10.1. The van der Waals surface area contributed by atoms with Crippen molar-refractivity contribution >= 4 is 29.9 Å². The van der Waals surface area contributed by atoms with E-state index in [2.05, 4.69) is 32.6 Å². The van der Waals surface area contributed by atoms with E-state index in [1.165, 1.54) is 0 Å². The molecular formula is C16H29IN4O2. The number of hydrogen-bond acceptors (Lipinski definition) is 3. The Morgan fingerprint density at radius 1 is 1.22 bits per heavy atom. The molecular weight excluding hydrogens is 407 g/mol. The molecule has 2 rings (SSSR count). The first-order valence-electron chi connectivity index (χ1n) is 8.13. The number of aromatic nitrogens is 1. The molecule has 0 spiro atoms. The van der Waals surface area contributed by atoms with E-state index in [4.69, 9.17) is 9.47 Å². The van der Waals surface area contributed by atoms with Crippen molar-refractivity contribution in [2.24, 2.45) is 4.99 Å². The van der Waals surface area contributed by atoms with Crippen LogP contribution in [0.3, 0.4) is 0 Å². The van der Waals surface area contributed by atoms with Crippen molar-refractivity contribution in [2.45, 2.75) is 31.9 Å². The van der Waals surface area contributed by atoms with Gasteiger partial charge in [0.15, 0.2) is 5.96 Å². The summed E-state index contributed by atoms with van der Waals surface area (Å²) in [5.41, 5.74) is 0. The lowest BCUT2D eigenvalue weighted by Gasteiger charge is -2.22. The molecule has 23 heavy (non-hydrogen) atoms. The minimum atomic E-state index is 0. The number of nitrogens with one attached hydrogen (secondary N) is 2. The Hall–Kier alpha value is -0.800. The van der Waals surface area contributed by atoms with Gasteiger partial charge in [-0.3, -0.25) is 4.99 Å². The summed E-state index contributed by atoms with van der Waals surface area (Å²) in [4.78, 5) is 4.22. The van der Waals surface area contributed by atoms with Crippen LogP contribution < -0.4 is 10.6 Å². The molecule has 6 nitrogen and oxygen atoms in total. The zero-order valence-corrected chi connectivity index (χ0v) is 16.2. The van der Waals surface area contributed by atoms with Crippen molar-refractivity contribution in [2.75, 3.05) is 40.0 Å². The lowest BCUT2D eigenvalue weighted by molar-refractivity contribution is -0.0320. The number of nitrogens with zero attached hydrogens (tertiary/aromatic N) is 2. The summed E-state index contributed by atoms with van der Waals surface area (Å²) in [5, 5.41) is 6.62. The quantitative estimate of drug-likeness (QED) is 0.283. The average Bonchev–Trinajstić information content (AvgIpc) is 3.07. The van der Waals surface area contributed by atoms with E-state index in [9.17, 15) is 0 Å². The molecule has 1 fully saturated rings. The minimum absolute atomic E-state index is 0. The van der Waals surface area contributed by atoms with Crippen molar-refractivity contribution in [3.63, 3.8) is 0 Å². The van der Waals surface area contributed by atoms with Crippen LogP contribution in [0.5, 0.6) is 0 Å². The third-order valence-corrected chi connectivity index (χ3v) is 3.69. The number of aliphatic imine (C=N–C) groups is 1. The van der Waals surface area contributed by atoms with Gasteiger partial charge in [0.05, 0.1) is 6.10 Å². The maximum absolute atomic E-state index is 5.84. The summed E-state index contributed by atoms with van der Waals surface area (Å²) in [7, 11) is 1.80. The topological polar surface area (TPSA) is 59.8 Å². The lowest BCUT2D eigenvalue weighted by Crippen LogP contribution is -2.39. The molecule has 1 aliphatic rings. The van der Waals surface area contributed by atoms with Crippen LogP contribution in [-0.4, -0.2) is 56.6 Å². The van der Waals surface area contributed by atoms with Crippen molar-refractivity contribution in [3.8, 4) is 0 Å². The molecule has 2 heterocycles. The van der Waals surface area contributed by atoms with Crippen LogP contribution in [0.2, 0.25) is 0 Å². The van der Waals surface area contributed by atoms with Crippen molar-refractivity contribution in [1.82, 2.24) is 15.2 Å². The highest BCUT2D eigenvalue weighted by atomic mass is 127. The van der Waals surface area contributed by atoms with Crippen molar-refractivity contribution < 1.29 is 9.47 Å². The number of ether oxygens (including phenoxy) is 2. The highest BCUT2D eigenvalue weighted by molar-refractivity contribution is 14.0. The van der Waals surface area contributed by atoms with Gasteiger partial charge >= 0.3 is 0 Å². The monoisotopic (exact) mass is 436 g/mol. The Kier molecular flexibility index (Phi) is 11.1. The average molecular weight is 436 g/mol. The van der Waals surface area contributed by atoms with Crippen LogP contribution in [0.15, 0.2) is 29.5 Å². The number of hydrogen-bond donors (Lipinski definition) is 2. The van der Waals surface area contributed by atoms with Gasteiger partial charge in [-0.15, -0.1) is 24.0 Å². The van der Waals surface area contributed by atoms with Crippen LogP contribution in [-0.2, 0) is 16.0 Å². The first kappa shape index (κ1) is 20.2. The Labute approximate surface area is 156 Å².